The van der Waals surface area contributed by atoms with Gasteiger partial charge in [-0.05, 0) is 5.56 Å². The number of carbonyl (C=O) groups is 3. The lowest BCUT2D eigenvalue weighted by molar-refractivity contribution is -0.154. The summed E-state index contributed by atoms with van der Waals surface area (Å²) in [5.41, 5.74) is 0.522. The van der Waals surface area contributed by atoms with Crippen molar-refractivity contribution in [1.82, 2.24) is 15.1 Å². The number of carbonyl (C=O) groups excluding carboxylic acids is 4. The number of benzene rings is 1. The molecule has 121 valence electrons. The number of imide groups is 1. The topological polar surface area (TPSA) is 107 Å². The highest BCUT2D eigenvalue weighted by Crippen LogP contribution is 2.12. The highest BCUT2D eigenvalue weighted by Gasteiger charge is 2.36. The van der Waals surface area contributed by atoms with Crippen LogP contribution in [0.1, 0.15) is 11.6 Å². The van der Waals surface area contributed by atoms with E-state index in [9.17, 15) is 19.2 Å². The molecule has 0 aliphatic carbocycles. The lowest BCUT2D eigenvalue weighted by Gasteiger charge is -2.32. The molecular weight excluding hydrogens is 302 g/mol. The number of piperazine rings is 1. The second-order valence-electron chi connectivity index (χ2n) is 4.88. The largest absolute Gasteiger partial charge is 0.395 e. The Hall–Kier alpha value is -2.74. The van der Waals surface area contributed by atoms with Crippen LogP contribution in [-0.2, 0) is 14.4 Å². The summed E-state index contributed by atoms with van der Waals surface area (Å²) in [6.07, 6.45) is 1.70. The number of aliphatic hydroxyl groups excluding tert-OH is 1. The minimum Gasteiger partial charge on any atom is -0.395 e. The molecule has 1 radical (unpaired) electrons. The van der Waals surface area contributed by atoms with Crippen molar-refractivity contribution >= 4 is 24.1 Å². The van der Waals surface area contributed by atoms with E-state index < -0.39 is 23.9 Å². The summed E-state index contributed by atoms with van der Waals surface area (Å²) in [6, 6.07) is 6.59. The Morgan fingerprint density at radius 2 is 1.91 bits per heavy atom. The first-order chi connectivity index (χ1) is 11.1. The molecule has 2 rings (SSSR count). The normalized spacial score (nSPS) is 16.2. The first kappa shape index (κ1) is 16.6. The van der Waals surface area contributed by atoms with Gasteiger partial charge in [-0.3, -0.25) is 19.3 Å². The molecule has 0 bridgehead atoms. The Balaban J connectivity index is 2.04. The molecule has 1 saturated heterocycles. The van der Waals surface area contributed by atoms with Crippen molar-refractivity contribution in [1.29, 1.82) is 0 Å². The summed E-state index contributed by atoms with van der Waals surface area (Å²) in [5, 5.41) is 11.2. The maximum Gasteiger partial charge on any atom is 0.325 e. The van der Waals surface area contributed by atoms with Gasteiger partial charge >= 0.3 is 17.8 Å². The number of urea groups is 1. The van der Waals surface area contributed by atoms with Gasteiger partial charge in [-0.15, -0.1) is 0 Å². The predicted molar refractivity (Wildman–Crippen MR) is 78.8 cm³/mol. The van der Waals surface area contributed by atoms with Gasteiger partial charge in [0.05, 0.1) is 6.61 Å². The van der Waals surface area contributed by atoms with E-state index in [4.69, 9.17) is 5.11 Å². The smallest absolute Gasteiger partial charge is 0.325 e. The molecule has 23 heavy (non-hydrogen) atoms. The van der Waals surface area contributed by atoms with Crippen molar-refractivity contribution in [3.63, 3.8) is 0 Å². The first-order valence-electron chi connectivity index (χ1n) is 7.03. The average Bonchev–Trinajstić information content (AvgIpc) is 2.57. The second-order valence-corrected chi connectivity index (χ2v) is 4.88. The molecule has 0 aromatic heterocycles. The van der Waals surface area contributed by atoms with Crippen LogP contribution in [0, 0.1) is 0 Å². The number of amides is 4. The van der Waals surface area contributed by atoms with Crippen LogP contribution < -0.4 is 5.32 Å². The summed E-state index contributed by atoms with van der Waals surface area (Å²) in [5.74, 6) is -1.84. The third kappa shape index (κ3) is 3.72. The van der Waals surface area contributed by atoms with Crippen LogP contribution >= 0.6 is 0 Å². The Labute approximate surface area is 132 Å². The third-order valence-electron chi connectivity index (χ3n) is 3.44. The number of aliphatic hydroxyl groups is 1. The predicted octanol–water partition coefficient (Wildman–Crippen LogP) is -0.790. The molecule has 2 N–H and O–H groups in total. The van der Waals surface area contributed by atoms with Crippen molar-refractivity contribution in [3.05, 3.63) is 35.9 Å². The first-order valence-corrected chi connectivity index (χ1v) is 7.03. The zero-order valence-electron chi connectivity index (χ0n) is 12.3. The van der Waals surface area contributed by atoms with Gasteiger partial charge in [-0.25, -0.2) is 4.79 Å². The van der Waals surface area contributed by atoms with E-state index in [0.29, 0.717) is 5.56 Å². The molecule has 1 aliphatic heterocycles. The SMILES string of the molecule is O=[C]C(NC(=O)N1CCN(CCO)C(=O)C1=O)c1ccccc1. The van der Waals surface area contributed by atoms with E-state index in [2.05, 4.69) is 5.32 Å². The lowest BCUT2D eigenvalue weighted by Crippen LogP contribution is -2.58. The van der Waals surface area contributed by atoms with Crippen LogP contribution in [0.15, 0.2) is 30.3 Å². The van der Waals surface area contributed by atoms with Crippen LogP contribution in [0.4, 0.5) is 4.79 Å². The Morgan fingerprint density at radius 1 is 1.22 bits per heavy atom. The Kier molecular flexibility index (Phi) is 5.42. The molecule has 0 spiro atoms. The zero-order valence-corrected chi connectivity index (χ0v) is 12.3. The number of rotatable bonds is 5. The van der Waals surface area contributed by atoms with E-state index in [1.54, 1.807) is 36.6 Å². The fourth-order valence-electron chi connectivity index (χ4n) is 2.23. The van der Waals surface area contributed by atoms with Crippen LogP contribution in [0.3, 0.4) is 0 Å². The molecule has 4 amide bonds. The van der Waals surface area contributed by atoms with Crippen LogP contribution in [0.25, 0.3) is 0 Å². The fraction of sp³-hybridized carbons (Fsp3) is 0.333. The molecular formula is C15H16N3O5. The molecule has 1 unspecified atom stereocenters. The Morgan fingerprint density at radius 3 is 2.52 bits per heavy atom. The van der Waals surface area contributed by atoms with E-state index in [0.717, 1.165) is 4.90 Å². The van der Waals surface area contributed by atoms with Crippen molar-refractivity contribution < 1.29 is 24.3 Å². The van der Waals surface area contributed by atoms with E-state index >= 15 is 0 Å². The summed E-state index contributed by atoms with van der Waals surface area (Å²) in [7, 11) is 0. The molecule has 8 heteroatoms. The van der Waals surface area contributed by atoms with Gasteiger partial charge in [0.2, 0.25) is 6.29 Å². The van der Waals surface area contributed by atoms with Gasteiger partial charge in [0.1, 0.15) is 6.04 Å². The molecule has 8 nitrogen and oxygen atoms in total. The zero-order chi connectivity index (χ0) is 16.8. The number of nitrogens with zero attached hydrogens (tertiary/aromatic N) is 2. The number of hydrogen-bond acceptors (Lipinski definition) is 5. The van der Waals surface area contributed by atoms with Crippen molar-refractivity contribution in [2.45, 2.75) is 6.04 Å². The maximum atomic E-state index is 12.2. The number of nitrogens with one attached hydrogen (secondary N) is 1. The van der Waals surface area contributed by atoms with Crippen molar-refractivity contribution in [3.8, 4) is 0 Å². The monoisotopic (exact) mass is 318 g/mol. The summed E-state index contributed by atoms with van der Waals surface area (Å²) in [6.45, 7) is -0.0910. The van der Waals surface area contributed by atoms with Gasteiger partial charge in [0.25, 0.3) is 0 Å². The lowest BCUT2D eigenvalue weighted by atomic mass is 10.1. The van der Waals surface area contributed by atoms with Crippen molar-refractivity contribution in [2.24, 2.45) is 0 Å². The molecule has 1 aromatic carbocycles. The number of hydrogen-bond donors (Lipinski definition) is 2. The van der Waals surface area contributed by atoms with E-state index in [-0.39, 0.29) is 26.2 Å². The Bertz CT molecular complexity index is 604. The van der Waals surface area contributed by atoms with Gasteiger partial charge in [-0.1, -0.05) is 30.3 Å². The van der Waals surface area contributed by atoms with Gasteiger partial charge in [0.15, 0.2) is 0 Å². The standard InChI is InChI=1S/C15H16N3O5/c19-9-8-17-6-7-18(14(22)13(17)21)15(23)16-12(10-20)11-4-2-1-3-5-11/h1-5,12,19H,6-9H2,(H,16,23). The fourth-order valence-corrected chi connectivity index (χ4v) is 2.23. The number of β-amino-alcohol motifs (C(OH)–C–C–N with tert-alkyl or cyclic N) is 1. The summed E-state index contributed by atoms with van der Waals surface area (Å²) >= 11 is 0. The van der Waals surface area contributed by atoms with Crippen LogP contribution in [0.2, 0.25) is 0 Å². The van der Waals surface area contributed by atoms with E-state index in [1.807, 2.05) is 0 Å². The molecule has 0 saturated carbocycles. The van der Waals surface area contributed by atoms with Gasteiger partial charge in [0, 0.05) is 19.6 Å². The molecule has 1 fully saturated rings. The second kappa shape index (κ2) is 7.50. The highest BCUT2D eigenvalue weighted by atomic mass is 16.3. The van der Waals surface area contributed by atoms with Crippen molar-refractivity contribution in [2.75, 3.05) is 26.2 Å². The average molecular weight is 318 g/mol. The van der Waals surface area contributed by atoms with Gasteiger partial charge < -0.3 is 15.3 Å². The summed E-state index contributed by atoms with van der Waals surface area (Å²) in [4.78, 5) is 48.9. The molecule has 1 atom stereocenters. The van der Waals surface area contributed by atoms with Gasteiger partial charge in [-0.2, -0.15) is 0 Å². The minimum atomic E-state index is -1.03. The minimum absolute atomic E-state index is 0.00320. The molecule has 1 aromatic rings. The van der Waals surface area contributed by atoms with Crippen LogP contribution in [0.5, 0.6) is 0 Å². The third-order valence-corrected chi connectivity index (χ3v) is 3.44. The maximum absolute atomic E-state index is 12.2. The van der Waals surface area contributed by atoms with Crippen LogP contribution in [-0.4, -0.2) is 65.3 Å². The molecule has 1 heterocycles. The quantitative estimate of drug-likeness (QED) is 0.692. The van der Waals surface area contributed by atoms with E-state index in [1.165, 1.54) is 4.90 Å². The highest BCUT2D eigenvalue weighted by molar-refractivity contribution is 6.38. The summed E-state index contributed by atoms with van der Waals surface area (Å²) < 4.78 is 0. The molecule has 1 aliphatic rings.